The molecule has 1 rings (SSSR count). The predicted molar refractivity (Wildman–Crippen MR) is 72.6 cm³/mol. The second-order valence-electron chi connectivity index (χ2n) is 3.57. The number of carbonyl (C=O) groups excluding carboxylic acids is 1. The van der Waals surface area contributed by atoms with E-state index in [2.05, 4.69) is 26.6 Å². The van der Waals surface area contributed by atoms with Crippen LogP contribution in [-0.4, -0.2) is 23.9 Å². The Bertz CT molecular complexity index is 451. The van der Waals surface area contributed by atoms with Gasteiger partial charge in [0.05, 0.1) is 10.6 Å². The lowest BCUT2D eigenvalue weighted by atomic mass is 10.2. The highest BCUT2D eigenvalue weighted by Crippen LogP contribution is 2.27. The molecule has 6 nitrogen and oxygen atoms in total. The minimum atomic E-state index is -0.499. The van der Waals surface area contributed by atoms with Crippen molar-refractivity contribution >= 4 is 33.2 Å². The highest BCUT2D eigenvalue weighted by molar-refractivity contribution is 9.10. The molecule has 0 spiro atoms. The average molecular weight is 316 g/mol. The van der Waals surface area contributed by atoms with Crippen molar-refractivity contribution in [1.82, 2.24) is 5.32 Å². The van der Waals surface area contributed by atoms with E-state index in [0.717, 1.165) is 6.54 Å². The number of nitro benzene ring substituents is 1. The summed E-state index contributed by atoms with van der Waals surface area (Å²) >= 11 is 3.24. The first-order valence-corrected chi connectivity index (χ1v) is 6.28. The van der Waals surface area contributed by atoms with Gasteiger partial charge in [-0.15, -0.1) is 0 Å². The van der Waals surface area contributed by atoms with Crippen LogP contribution in [-0.2, 0) is 4.79 Å². The Morgan fingerprint density at radius 3 is 2.83 bits per heavy atom. The first-order chi connectivity index (χ1) is 8.54. The fourth-order valence-corrected chi connectivity index (χ4v) is 1.66. The molecule has 0 aromatic heterocycles. The summed E-state index contributed by atoms with van der Waals surface area (Å²) in [5, 5.41) is 16.3. The van der Waals surface area contributed by atoms with E-state index in [-0.39, 0.29) is 11.6 Å². The SMILES string of the molecule is CCNCCC(=O)Nc1cc([N+](=O)[O-])ccc1Br. The van der Waals surface area contributed by atoms with E-state index in [0.29, 0.717) is 23.1 Å². The van der Waals surface area contributed by atoms with Gasteiger partial charge in [-0.2, -0.15) is 0 Å². The smallest absolute Gasteiger partial charge is 0.271 e. The van der Waals surface area contributed by atoms with Crippen molar-refractivity contribution in [2.75, 3.05) is 18.4 Å². The summed E-state index contributed by atoms with van der Waals surface area (Å²) < 4.78 is 0.616. The van der Waals surface area contributed by atoms with Crippen molar-refractivity contribution in [2.24, 2.45) is 0 Å². The summed E-state index contributed by atoms with van der Waals surface area (Å²) in [6.45, 7) is 3.33. The van der Waals surface area contributed by atoms with Gasteiger partial charge in [0.1, 0.15) is 0 Å². The molecule has 0 atom stereocenters. The molecule has 0 aliphatic heterocycles. The number of benzene rings is 1. The molecule has 18 heavy (non-hydrogen) atoms. The third kappa shape index (κ3) is 4.42. The standard InChI is InChI=1S/C11H14BrN3O3/c1-2-13-6-5-11(16)14-10-7-8(15(17)18)3-4-9(10)12/h3-4,7,13H,2,5-6H2,1H3,(H,14,16). The summed E-state index contributed by atoms with van der Waals surface area (Å²) in [4.78, 5) is 21.7. The van der Waals surface area contributed by atoms with Gasteiger partial charge in [0.25, 0.3) is 5.69 Å². The summed E-state index contributed by atoms with van der Waals surface area (Å²) in [6, 6.07) is 4.24. The van der Waals surface area contributed by atoms with Crippen LogP contribution in [0.4, 0.5) is 11.4 Å². The number of hydrogen-bond acceptors (Lipinski definition) is 4. The number of nitro groups is 1. The number of rotatable bonds is 6. The first-order valence-electron chi connectivity index (χ1n) is 5.49. The zero-order valence-electron chi connectivity index (χ0n) is 9.90. The fraction of sp³-hybridized carbons (Fsp3) is 0.364. The van der Waals surface area contributed by atoms with E-state index < -0.39 is 4.92 Å². The topological polar surface area (TPSA) is 84.3 Å². The molecule has 0 unspecified atom stereocenters. The van der Waals surface area contributed by atoms with E-state index in [1.165, 1.54) is 18.2 Å². The molecule has 98 valence electrons. The van der Waals surface area contributed by atoms with Crippen molar-refractivity contribution in [2.45, 2.75) is 13.3 Å². The number of non-ortho nitro benzene ring substituents is 1. The van der Waals surface area contributed by atoms with Crippen LogP contribution in [0.5, 0.6) is 0 Å². The number of amides is 1. The van der Waals surface area contributed by atoms with Gasteiger partial charge in [-0.1, -0.05) is 6.92 Å². The van der Waals surface area contributed by atoms with Crippen LogP contribution in [0.1, 0.15) is 13.3 Å². The van der Waals surface area contributed by atoms with Gasteiger partial charge in [-0.3, -0.25) is 14.9 Å². The fourth-order valence-electron chi connectivity index (χ4n) is 1.31. The maximum Gasteiger partial charge on any atom is 0.271 e. The molecule has 0 aliphatic carbocycles. The molecule has 0 radical (unpaired) electrons. The average Bonchev–Trinajstić information content (AvgIpc) is 2.32. The Morgan fingerprint density at radius 1 is 1.50 bits per heavy atom. The van der Waals surface area contributed by atoms with Crippen LogP contribution >= 0.6 is 15.9 Å². The Kier molecular flexibility index (Phi) is 5.73. The molecule has 2 N–H and O–H groups in total. The molecule has 1 aromatic rings. The summed E-state index contributed by atoms with van der Waals surface area (Å²) in [5.74, 6) is -0.183. The van der Waals surface area contributed by atoms with Gasteiger partial charge in [0.2, 0.25) is 5.91 Å². The molecular formula is C11H14BrN3O3. The minimum absolute atomic E-state index is 0.0554. The number of halogens is 1. The van der Waals surface area contributed by atoms with E-state index in [9.17, 15) is 14.9 Å². The normalized spacial score (nSPS) is 10.1. The van der Waals surface area contributed by atoms with Crippen LogP contribution < -0.4 is 10.6 Å². The Labute approximate surface area is 113 Å². The van der Waals surface area contributed by atoms with Crippen LogP contribution in [0.2, 0.25) is 0 Å². The van der Waals surface area contributed by atoms with Crippen molar-refractivity contribution in [3.8, 4) is 0 Å². The summed E-state index contributed by atoms with van der Waals surface area (Å²) in [5.41, 5.74) is 0.353. The molecule has 0 heterocycles. The van der Waals surface area contributed by atoms with Crippen molar-refractivity contribution in [3.05, 3.63) is 32.8 Å². The summed E-state index contributed by atoms with van der Waals surface area (Å²) in [7, 11) is 0. The van der Waals surface area contributed by atoms with Crippen LogP contribution in [0.15, 0.2) is 22.7 Å². The van der Waals surface area contributed by atoms with Gasteiger partial charge < -0.3 is 10.6 Å². The van der Waals surface area contributed by atoms with Gasteiger partial charge in [0.15, 0.2) is 0 Å². The molecule has 0 aliphatic rings. The molecule has 0 fully saturated rings. The second kappa shape index (κ2) is 7.07. The number of nitrogens with one attached hydrogen (secondary N) is 2. The van der Waals surface area contributed by atoms with E-state index in [1.54, 1.807) is 0 Å². The third-order valence-corrected chi connectivity index (χ3v) is 2.91. The summed E-state index contributed by atoms with van der Waals surface area (Å²) in [6.07, 6.45) is 0.322. The van der Waals surface area contributed by atoms with E-state index in [1.807, 2.05) is 6.92 Å². The Balaban J connectivity index is 2.68. The van der Waals surface area contributed by atoms with Crippen LogP contribution in [0.3, 0.4) is 0 Å². The second-order valence-corrected chi connectivity index (χ2v) is 4.43. The number of hydrogen-bond donors (Lipinski definition) is 2. The molecule has 1 aromatic carbocycles. The van der Waals surface area contributed by atoms with Crippen LogP contribution in [0, 0.1) is 10.1 Å². The Hall–Kier alpha value is -1.47. The lowest BCUT2D eigenvalue weighted by Gasteiger charge is -2.07. The minimum Gasteiger partial charge on any atom is -0.325 e. The highest BCUT2D eigenvalue weighted by atomic mass is 79.9. The molecule has 7 heteroatoms. The molecule has 0 saturated carbocycles. The maximum atomic E-state index is 11.6. The Morgan fingerprint density at radius 2 is 2.22 bits per heavy atom. The van der Waals surface area contributed by atoms with Crippen molar-refractivity contribution in [3.63, 3.8) is 0 Å². The van der Waals surface area contributed by atoms with E-state index >= 15 is 0 Å². The van der Waals surface area contributed by atoms with Crippen molar-refractivity contribution < 1.29 is 9.72 Å². The lowest BCUT2D eigenvalue weighted by molar-refractivity contribution is -0.384. The lowest BCUT2D eigenvalue weighted by Crippen LogP contribution is -2.21. The van der Waals surface area contributed by atoms with Gasteiger partial charge in [-0.05, 0) is 28.5 Å². The number of nitrogens with zero attached hydrogens (tertiary/aromatic N) is 1. The first kappa shape index (κ1) is 14.6. The maximum absolute atomic E-state index is 11.6. The molecule has 0 saturated heterocycles. The molecule has 1 amide bonds. The van der Waals surface area contributed by atoms with Crippen LogP contribution in [0.25, 0.3) is 0 Å². The third-order valence-electron chi connectivity index (χ3n) is 2.21. The monoisotopic (exact) mass is 315 g/mol. The molecular weight excluding hydrogens is 302 g/mol. The molecule has 0 bridgehead atoms. The number of anilines is 1. The largest absolute Gasteiger partial charge is 0.325 e. The zero-order valence-corrected chi connectivity index (χ0v) is 11.5. The van der Waals surface area contributed by atoms with Gasteiger partial charge >= 0.3 is 0 Å². The zero-order chi connectivity index (χ0) is 13.5. The van der Waals surface area contributed by atoms with Gasteiger partial charge in [-0.25, -0.2) is 0 Å². The van der Waals surface area contributed by atoms with E-state index in [4.69, 9.17) is 0 Å². The highest BCUT2D eigenvalue weighted by Gasteiger charge is 2.11. The predicted octanol–water partition coefficient (Wildman–Crippen LogP) is 2.30. The quantitative estimate of drug-likeness (QED) is 0.479. The van der Waals surface area contributed by atoms with Gasteiger partial charge in [0, 0.05) is 29.6 Å². The number of carbonyl (C=O) groups is 1. The van der Waals surface area contributed by atoms with Crippen molar-refractivity contribution in [1.29, 1.82) is 0 Å².